The number of nitrogens with one attached hydrogen (secondary N) is 1. The highest BCUT2D eigenvalue weighted by molar-refractivity contribution is 5.39. The molecule has 17 heavy (non-hydrogen) atoms. The van der Waals surface area contributed by atoms with Crippen molar-refractivity contribution in [1.82, 2.24) is 14.9 Å². The summed E-state index contributed by atoms with van der Waals surface area (Å²) in [6.45, 7) is 7.03. The molecule has 0 bridgehead atoms. The van der Waals surface area contributed by atoms with Crippen LogP contribution in [0.25, 0.3) is 0 Å². The summed E-state index contributed by atoms with van der Waals surface area (Å²) < 4.78 is 5.48. The molecule has 0 aliphatic rings. The van der Waals surface area contributed by atoms with Gasteiger partial charge in [0.2, 0.25) is 0 Å². The summed E-state index contributed by atoms with van der Waals surface area (Å²) in [5.41, 5.74) is 1.84. The molecule has 0 saturated heterocycles. The molecule has 0 aromatic carbocycles. The van der Waals surface area contributed by atoms with Gasteiger partial charge in [0.25, 0.3) is 0 Å². The Kier molecular flexibility index (Phi) is 5.86. The summed E-state index contributed by atoms with van der Waals surface area (Å²) in [5, 5.41) is 3.23. The Morgan fingerprint density at radius 3 is 2.76 bits per heavy atom. The quantitative estimate of drug-likeness (QED) is 0.720. The van der Waals surface area contributed by atoms with Gasteiger partial charge in [0.05, 0.1) is 24.6 Å². The van der Waals surface area contributed by atoms with E-state index in [9.17, 15) is 0 Å². The lowest BCUT2D eigenvalue weighted by atomic mass is 10.4. The zero-order chi connectivity index (χ0) is 12.7. The zero-order valence-electron chi connectivity index (χ0n) is 11.2. The van der Waals surface area contributed by atoms with Gasteiger partial charge >= 0.3 is 0 Å². The largest absolute Gasteiger partial charge is 0.378 e. The Labute approximate surface area is 103 Å². The van der Waals surface area contributed by atoms with Gasteiger partial charge < -0.3 is 15.0 Å². The van der Waals surface area contributed by atoms with Crippen molar-refractivity contribution in [2.45, 2.75) is 13.8 Å². The first-order valence-corrected chi connectivity index (χ1v) is 5.86. The average molecular weight is 238 g/mol. The van der Waals surface area contributed by atoms with Crippen LogP contribution >= 0.6 is 0 Å². The number of nitrogens with zero attached hydrogens (tertiary/aromatic N) is 3. The van der Waals surface area contributed by atoms with E-state index in [0.717, 1.165) is 36.9 Å². The third-order valence-electron chi connectivity index (χ3n) is 2.30. The number of ether oxygens (including phenoxy) is 1. The van der Waals surface area contributed by atoms with Crippen LogP contribution in [0.3, 0.4) is 0 Å². The highest BCUT2D eigenvalue weighted by atomic mass is 16.5. The van der Waals surface area contributed by atoms with E-state index in [4.69, 9.17) is 4.74 Å². The number of hydrogen-bond acceptors (Lipinski definition) is 5. The van der Waals surface area contributed by atoms with E-state index in [1.807, 2.05) is 27.9 Å². The molecular formula is C12H22N4O. The molecule has 0 spiro atoms. The lowest BCUT2D eigenvalue weighted by Gasteiger charge is -2.11. The van der Waals surface area contributed by atoms with Crippen molar-refractivity contribution >= 4 is 5.82 Å². The fourth-order valence-corrected chi connectivity index (χ4v) is 1.30. The van der Waals surface area contributed by atoms with E-state index in [0.29, 0.717) is 6.61 Å². The molecule has 0 saturated carbocycles. The summed E-state index contributed by atoms with van der Waals surface area (Å²) in [7, 11) is 4.07. The van der Waals surface area contributed by atoms with Crippen LogP contribution in [0.15, 0.2) is 6.20 Å². The first kappa shape index (κ1) is 13.9. The predicted molar refractivity (Wildman–Crippen MR) is 69.4 cm³/mol. The summed E-state index contributed by atoms with van der Waals surface area (Å²) in [4.78, 5) is 10.7. The van der Waals surface area contributed by atoms with Crippen LogP contribution in [0, 0.1) is 13.8 Å². The molecule has 1 heterocycles. The Hall–Kier alpha value is -1.20. The van der Waals surface area contributed by atoms with Crippen LogP contribution in [0.2, 0.25) is 0 Å². The molecule has 1 rings (SSSR count). The highest BCUT2D eigenvalue weighted by Crippen LogP contribution is 2.07. The third-order valence-corrected chi connectivity index (χ3v) is 2.30. The molecule has 5 heteroatoms. The van der Waals surface area contributed by atoms with Gasteiger partial charge in [-0.05, 0) is 27.9 Å². The van der Waals surface area contributed by atoms with Gasteiger partial charge in [0, 0.05) is 19.3 Å². The SMILES string of the molecule is Cc1cnc(C)c(NCCOCCN(C)C)n1. The van der Waals surface area contributed by atoms with Crippen LogP contribution in [0.1, 0.15) is 11.4 Å². The van der Waals surface area contributed by atoms with E-state index < -0.39 is 0 Å². The molecule has 1 aromatic rings. The Morgan fingerprint density at radius 2 is 2.06 bits per heavy atom. The smallest absolute Gasteiger partial charge is 0.147 e. The number of aromatic nitrogens is 2. The monoisotopic (exact) mass is 238 g/mol. The van der Waals surface area contributed by atoms with Gasteiger partial charge in [0.1, 0.15) is 5.82 Å². The van der Waals surface area contributed by atoms with Gasteiger partial charge in [-0.15, -0.1) is 0 Å². The average Bonchev–Trinajstić information content (AvgIpc) is 2.27. The van der Waals surface area contributed by atoms with Crippen molar-refractivity contribution < 1.29 is 4.74 Å². The fraction of sp³-hybridized carbons (Fsp3) is 0.667. The maximum Gasteiger partial charge on any atom is 0.147 e. The summed E-state index contributed by atoms with van der Waals surface area (Å²) >= 11 is 0. The summed E-state index contributed by atoms with van der Waals surface area (Å²) in [6.07, 6.45) is 1.77. The Balaban J connectivity index is 2.20. The fourth-order valence-electron chi connectivity index (χ4n) is 1.30. The van der Waals surface area contributed by atoms with Crippen molar-refractivity contribution in [3.63, 3.8) is 0 Å². The minimum Gasteiger partial charge on any atom is -0.378 e. The normalized spacial score (nSPS) is 10.9. The van der Waals surface area contributed by atoms with Crippen molar-refractivity contribution in [3.8, 4) is 0 Å². The number of aryl methyl sites for hydroxylation is 2. The van der Waals surface area contributed by atoms with Gasteiger partial charge in [-0.1, -0.05) is 0 Å². The van der Waals surface area contributed by atoms with E-state index in [1.54, 1.807) is 6.20 Å². The molecule has 0 unspecified atom stereocenters. The molecule has 0 aliphatic carbocycles. The van der Waals surface area contributed by atoms with Crippen molar-refractivity contribution in [3.05, 3.63) is 17.6 Å². The van der Waals surface area contributed by atoms with Crippen molar-refractivity contribution in [1.29, 1.82) is 0 Å². The molecule has 0 atom stereocenters. The van der Waals surface area contributed by atoms with Gasteiger partial charge in [-0.3, -0.25) is 4.98 Å². The van der Waals surface area contributed by atoms with Crippen LogP contribution in [0.5, 0.6) is 0 Å². The number of rotatable bonds is 7. The van der Waals surface area contributed by atoms with Crippen molar-refractivity contribution in [2.75, 3.05) is 45.7 Å². The maximum absolute atomic E-state index is 5.48. The van der Waals surface area contributed by atoms with E-state index in [-0.39, 0.29) is 0 Å². The molecule has 0 fully saturated rings. The molecule has 0 amide bonds. The maximum atomic E-state index is 5.48. The summed E-state index contributed by atoms with van der Waals surface area (Å²) in [5.74, 6) is 0.848. The third kappa shape index (κ3) is 5.60. The lowest BCUT2D eigenvalue weighted by Crippen LogP contribution is -2.20. The Bertz CT molecular complexity index is 341. The van der Waals surface area contributed by atoms with Crippen LogP contribution < -0.4 is 5.32 Å². The molecular weight excluding hydrogens is 216 g/mol. The molecule has 1 N–H and O–H groups in total. The van der Waals surface area contributed by atoms with E-state index >= 15 is 0 Å². The molecule has 0 radical (unpaired) electrons. The van der Waals surface area contributed by atoms with Crippen LogP contribution in [-0.4, -0.2) is 55.3 Å². The van der Waals surface area contributed by atoms with Gasteiger partial charge in [-0.2, -0.15) is 0 Å². The number of likely N-dealkylation sites (N-methyl/N-ethyl adjacent to an activating group) is 1. The lowest BCUT2D eigenvalue weighted by molar-refractivity contribution is 0.126. The topological polar surface area (TPSA) is 50.3 Å². The molecule has 0 aliphatic heterocycles. The minimum atomic E-state index is 0.683. The molecule has 96 valence electrons. The van der Waals surface area contributed by atoms with Crippen LogP contribution in [-0.2, 0) is 4.74 Å². The van der Waals surface area contributed by atoms with E-state index in [1.165, 1.54) is 0 Å². The first-order valence-electron chi connectivity index (χ1n) is 5.86. The number of hydrogen-bond donors (Lipinski definition) is 1. The van der Waals surface area contributed by atoms with Crippen LogP contribution in [0.4, 0.5) is 5.82 Å². The van der Waals surface area contributed by atoms with Gasteiger partial charge in [-0.25, -0.2) is 4.98 Å². The minimum absolute atomic E-state index is 0.683. The number of anilines is 1. The summed E-state index contributed by atoms with van der Waals surface area (Å²) in [6, 6.07) is 0. The highest BCUT2D eigenvalue weighted by Gasteiger charge is 2.00. The predicted octanol–water partition coefficient (Wildman–Crippen LogP) is 1.08. The second-order valence-electron chi connectivity index (χ2n) is 4.29. The second-order valence-corrected chi connectivity index (χ2v) is 4.29. The van der Waals surface area contributed by atoms with Crippen molar-refractivity contribution in [2.24, 2.45) is 0 Å². The zero-order valence-corrected chi connectivity index (χ0v) is 11.2. The van der Waals surface area contributed by atoms with E-state index in [2.05, 4.69) is 20.2 Å². The Morgan fingerprint density at radius 1 is 1.29 bits per heavy atom. The second kappa shape index (κ2) is 7.19. The van der Waals surface area contributed by atoms with Gasteiger partial charge in [0.15, 0.2) is 0 Å². The molecule has 1 aromatic heterocycles. The molecule has 5 nitrogen and oxygen atoms in total. The first-order chi connectivity index (χ1) is 8.09. The standard InChI is InChI=1S/C12H22N4O/c1-10-9-14-11(2)12(15-10)13-5-7-17-8-6-16(3)4/h9H,5-8H2,1-4H3,(H,13,15).